The van der Waals surface area contributed by atoms with Crippen LogP contribution in [0.1, 0.15) is 21.6 Å². The molecule has 2 aromatic carbocycles. The first-order valence-corrected chi connectivity index (χ1v) is 7.60. The van der Waals surface area contributed by atoms with Crippen molar-refractivity contribution in [3.63, 3.8) is 0 Å². The molecule has 0 aliphatic rings. The Bertz CT molecular complexity index is 1020. The molecule has 0 unspecified atom stereocenters. The largest absolute Gasteiger partial charge is 0.507 e. The number of benzene rings is 2. The Labute approximate surface area is 147 Å². The summed E-state index contributed by atoms with van der Waals surface area (Å²) >= 11 is 0. The third kappa shape index (κ3) is 3.12. The van der Waals surface area contributed by atoms with Crippen molar-refractivity contribution in [2.75, 3.05) is 0 Å². The molecule has 0 bridgehead atoms. The monoisotopic (exact) mass is 354 g/mol. The number of ether oxygens (including phenoxy) is 1. The summed E-state index contributed by atoms with van der Waals surface area (Å²) in [6, 6.07) is 11.8. The van der Waals surface area contributed by atoms with Gasteiger partial charge in [0.2, 0.25) is 0 Å². The van der Waals surface area contributed by atoms with Crippen molar-refractivity contribution in [1.29, 1.82) is 0 Å². The number of rotatable bonds is 5. The summed E-state index contributed by atoms with van der Waals surface area (Å²) in [5, 5.41) is 31.0. The quantitative estimate of drug-likeness (QED) is 0.531. The number of non-ortho nitro benzene ring substituents is 1. The van der Waals surface area contributed by atoms with Crippen LogP contribution in [0.2, 0.25) is 0 Å². The lowest BCUT2D eigenvalue weighted by Crippen LogP contribution is -2.06. The predicted octanol–water partition coefficient (Wildman–Crippen LogP) is 3.43. The molecule has 0 radical (unpaired) electrons. The minimum absolute atomic E-state index is 0.0273. The molecule has 8 nitrogen and oxygen atoms in total. The number of carbonyl (C=O) groups is 1. The van der Waals surface area contributed by atoms with Crippen molar-refractivity contribution < 1.29 is 24.7 Å². The number of carboxylic acids is 1. The van der Waals surface area contributed by atoms with Crippen LogP contribution in [0.25, 0.3) is 10.9 Å². The van der Waals surface area contributed by atoms with E-state index < -0.39 is 22.3 Å². The molecule has 132 valence electrons. The van der Waals surface area contributed by atoms with Gasteiger partial charge in [-0.1, -0.05) is 30.3 Å². The van der Waals surface area contributed by atoms with Crippen molar-refractivity contribution >= 4 is 22.6 Å². The zero-order valence-electron chi connectivity index (χ0n) is 13.7. The van der Waals surface area contributed by atoms with E-state index in [4.69, 9.17) is 4.74 Å². The maximum Gasteiger partial charge on any atom is 0.354 e. The molecule has 0 aliphatic carbocycles. The Hall–Kier alpha value is -3.68. The zero-order valence-corrected chi connectivity index (χ0v) is 13.7. The highest BCUT2D eigenvalue weighted by Crippen LogP contribution is 2.37. The zero-order chi connectivity index (χ0) is 18.8. The second kappa shape index (κ2) is 6.67. The van der Waals surface area contributed by atoms with Gasteiger partial charge in [0.25, 0.3) is 5.69 Å². The molecule has 0 fully saturated rings. The fourth-order valence-electron chi connectivity index (χ4n) is 2.57. The highest BCUT2D eigenvalue weighted by atomic mass is 16.6. The molecule has 0 atom stereocenters. The predicted molar refractivity (Wildman–Crippen MR) is 92.5 cm³/mol. The lowest BCUT2D eigenvalue weighted by Gasteiger charge is -2.11. The molecule has 26 heavy (non-hydrogen) atoms. The van der Waals surface area contributed by atoms with Crippen molar-refractivity contribution in [2.45, 2.75) is 13.5 Å². The molecule has 3 aromatic rings. The summed E-state index contributed by atoms with van der Waals surface area (Å²) in [6.07, 6.45) is 0. The van der Waals surface area contributed by atoms with Gasteiger partial charge < -0.3 is 14.9 Å². The van der Waals surface area contributed by atoms with Crippen LogP contribution < -0.4 is 4.74 Å². The van der Waals surface area contributed by atoms with E-state index in [9.17, 15) is 25.1 Å². The normalized spacial score (nSPS) is 10.7. The molecule has 2 N–H and O–H groups in total. The van der Waals surface area contributed by atoms with E-state index in [2.05, 4.69) is 4.98 Å². The van der Waals surface area contributed by atoms with Crippen LogP contribution in [-0.4, -0.2) is 26.1 Å². The maximum atomic E-state index is 11.4. The molecule has 0 amide bonds. The number of nitro benzene ring substituents is 1. The van der Waals surface area contributed by atoms with E-state index in [0.717, 1.165) is 5.56 Å². The molecular formula is C18H14N2O6. The Balaban J connectivity index is 2.12. The minimum atomic E-state index is -1.38. The Morgan fingerprint density at radius 1 is 1.27 bits per heavy atom. The SMILES string of the molecule is Cc1c(C(=O)O)nc2c([N+](=O)[O-])cc(OCc3ccccc3)cc2c1O. The number of aromatic nitrogens is 1. The van der Waals surface area contributed by atoms with Crippen molar-refractivity contribution in [2.24, 2.45) is 0 Å². The number of carboxylic acid groups (broad SMARTS) is 1. The van der Waals surface area contributed by atoms with Crippen LogP contribution >= 0.6 is 0 Å². The van der Waals surface area contributed by atoms with Crippen LogP contribution in [-0.2, 0) is 6.61 Å². The van der Waals surface area contributed by atoms with Gasteiger partial charge >= 0.3 is 5.97 Å². The number of aromatic carboxylic acids is 1. The number of aromatic hydroxyl groups is 1. The van der Waals surface area contributed by atoms with Gasteiger partial charge in [0.15, 0.2) is 11.2 Å². The summed E-state index contributed by atoms with van der Waals surface area (Å²) in [5.41, 5.74) is -0.184. The Morgan fingerprint density at radius 2 is 1.96 bits per heavy atom. The molecule has 0 aliphatic heterocycles. The van der Waals surface area contributed by atoms with Crippen LogP contribution in [0, 0.1) is 17.0 Å². The van der Waals surface area contributed by atoms with Gasteiger partial charge in [-0.25, -0.2) is 9.78 Å². The molecule has 8 heteroatoms. The molecule has 0 spiro atoms. The van der Waals surface area contributed by atoms with Gasteiger partial charge in [-0.05, 0) is 18.6 Å². The summed E-state index contributed by atoms with van der Waals surface area (Å²) in [5.74, 6) is -1.58. The topological polar surface area (TPSA) is 123 Å². The van der Waals surface area contributed by atoms with Gasteiger partial charge in [-0.3, -0.25) is 10.1 Å². The van der Waals surface area contributed by atoms with Crippen molar-refractivity contribution in [1.82, 2.24) is 4.98 Å². The Morgan fingerprint density at radius 3 is 2.58 bits per heavy atom. The first kappa shape index (κ1) is 17.2. The number of hydrogen-bond donors (Lipinski definition) is 2. The van der Waals surface area contributed by atoms with E-state index in [0.29, 0.717) is 0 Å². The fraction of sp³-hybridized carbons (Fsp3) is 0.111. The average molecular weight is 354 g/mol. The van der Waals surface area contributed by atoms with E-state index in [1.807, 2.05) is 30.3 Å². The highest BCUT2D eigenvalue weighted by molar-refractivity contribution is 5.99. The smallest absolute Gasteiger partial charge is 0.354 e. The molecule has 0 saturated heterocycles. The third-order valence-electron chi connectivity index (χ3n) is 3.90. The number of pyridine rings is 1. The molecule has 1 aromatic heterocycles. The second-order valence-electron chi connectivity index (χ2n) is 5.61. The van der Waals surface area contributed by atoms with Crippen molar-refractivity contribution in [3.8, 4) is 11.5 Å². The van der Waals surface area contributed by atoms with Crippen LogP contribution in [0.4, 0.5) is 5.69 Å². The van der Waals surface area contributed by atoms with Crippen molar-refractivity contribution in [3.05, 3.63) is 69.4 Å². The summed E-state index contributed by atoms with van der Waals surface area (Å²) < 4.78 is 5.60. The van der Waals surface area contributed by atoms with Gasteiger partial charge in [0, 0.05) is 5.56 Å². The third-order valence-corrected chi connectivity index (χ3v) is 3.90. The highest BCUT2D eigenvalue weighted by Gasteiger charge is 2.23. The lowest BCUT2D eigenvalue weighted by atomic mass is 10.1. The lowest BCUT2D eigenvalue weighted by molar-refractivity contribution is -0.383. The van der Waals surface area contributed by atoms with Gasteiger partial charge in [0.05, 0.1) is 16.4 Å². The van der Waals surface area contributed by atoms with E-state index in [-0.39, 0.29) is 34.6 Å². The minimum Gasteiger partial charge on any atom is -0.507 e. The standard InChI is InChI=1S/C18H14N2O6/c1-10-15(18(22)23)19-16-13(17(10)21)7-12(8-14(16)20(24)25)26-9-11-5-3-2-4-6-11/h2-8H,9H2,1H3,(H,19,21)(H,22,23). The average Bonchev–Trinajstić information content (AvgIpc) is 2.63. The number of nitrogens with zero attached hydrogens (tertiary/aromatic N) is 2. The van der Waals surface area contributed by atoms with Crippen LogP contribution in [0.15, 0.2) is 42.5 Å². The summed E-state index contributed by atoms with van der Waals surface area (Å²) in [7, 11) is 0. The van der Waals surface area contributed by atoms with E-state index in [1.54, 1.807) is 0 Å². The molecule has 3 rings (SSSR count). The first-order chi connectivity index (χ1) is 12.4. The van der Waals surface area contributed by atoms with Crippen LogP contribution in [0.3, 0.4) is 0 Å². The van der Waals surface area contributed by atoms with Gasteiger partial charge in [0.1, 0.15) is 18.1 Å². The van der Waals surface area contributed by atoms with Gasteiger partial charge in [-0.2, -0.15) is 0 Å². The fourth-order valence-corrected chi connectivity index (χ4v) is 2.57. The Kier molecular flexibility index (Phi) is 4.40. The van der Waals surface area contributed by atoms with E-state index in [1.165, 1.54) is 19.1 Å². The second-order valence-corrected chi connectivity index (χ2v) is 5.61. The summed E-state index contributed by atoms with van der Waals surface area (Å²) in [4.78, 5) is 25.8. The number of nitro groups is 1. The van der Waals surface area contributed by atoms with Gasteiger partial charge in [-0.15, -0.1) is 0 Å². The molecule has 0 saturated carbocycles. The number of hydrogen-bond acceptors (Lipinski definition) is 6. The first-order valence-electron chi connectivity index (χ1n) is 7.60. The summed E-state index contributed by atoms with van der Waals surface area (Å²) in [6.45, 7) is 1.57. The molecule has 1 heterocycles. The van der Waals surface area contributed by atoms with E-state index >= 15 is 0 Å². The van der Waals surface area contributed by atoms with Crippen LogP contribution in [0.5, 0.6) is 11.5 Å². The molecular weight excluding hydrogens is 340 g/mol. The maximum absolute atomic E-state index is 11.4. The number of fused-ring (bicyclic) bond motifs is 1.